The van der Waals surface area contributed by atoms with Crippen LogP contribution in [0.3, 0.4) is 0 Å². The van der Waals surface area contributed by atoms with Crippen molar-refractivity contribution in [3.63, 3.8) is 0 Å². The van der Waals surface area contributed by atoms with Crippen molar-refractivity contribution >= 4 is 15.2 Å². The van der Waals surface area contributed by atoms with E-state index >= 15 is 0 Å². The fourth-order valence-electron chi connectivity index (χ4n) is 1.07. The minimum atomic E-state index is -5.48. The normalized spacial score (nSPS) is 18.7. The fourth-order valence-corrected chi connectivity index (χ4v) is 4.08. The zero-order chi connectivity index (χ0) is 12.7. The number of hydrogen-bond donors (Lipinski definition) is 6. The van der Waals surface area contributed by atoms with Gasteiger partial charge in [-0.25, -0.2) is 0 Å². The van der Waals surface area contributed by atoms with Gasteiger partial charge in [0.1, 0.15) is 0 Å². The third-order valence-corrected chi connectivity index (χ3v) is 6.52. The summed E-state index contributed by atoms with van der Waals surface area (Å²) in [4.78, 5) is 35.3. The molecular weight excluding hydrogens is 248 g/mol. The van der Waals surface area contributed by atoms with Gasteiger partial charge in [0.2, 0.25) is 0 Å². The summed E-state index contributed by atoms with van der Waals surface area (Å²) in [5.41, 5.74) is 3.23. The highest BCUT2D eigenvalue weighted by Crippen LogP contribution is 2.71. The van der Waals surface area contributed by atoms with Gasteiger partial charge >= 0.3 is 15.2 Å². The first-order valence-electron chi connectivity index (χ1n) is 3.94. The summed E-state index contributed by atoms with van der Waals surface area (Å²) in [6, 6.07) is 0. The molecule has 0 aliphatic carbocycles. The topological polar surface area (TPSA) is 161 Å². The van der Waals surface area contributed by atoms with Gasteiger partial charge in [0.05, 0.1) is 5.54 Å². The molecule has 0 radical (unpaired) electrons. The first kappa shape index (κ1) is 15.2. The van der Waals surface area contributed by atoms with E-state index in [4.69, 9.17) is 25.3 Å². The van der Waals surface area contributed by atoms with Crippen LogP contribution in [0.25, 0.3) is 0 Å². The average molecular weight is 263 g/mol. The molecule has 0 spiro atoms. The minimum Gasteiger partial charge on any atom is -0.366 e. The van der Waals surface area contributed by atoms with Crippen molar-refractivity contribution in [1.29, 1.82) is 0 Å². The van der Waals surface area contributed by atoms with E-state index in [0.717, 1.165) is 6.92 Å². The van der Waals surface area contributed by atoms with E-state index < -0.39 is 25.8 Å². The molecule has 0 bridgehead atoms. The summed E-state index contributed by atoms with van der Waals surface area (Å²) >= 11 is 0. The highest BCUT2D eigenvalue weighted by molar-refractivity contribution is 7.72. The summed E-state index contributed by atoms with van der Waals surface area (Å²) in [5, 5.41) is 5.99. The van der Waals surface area contributed by atoms with Crippen molar-refractivity contribution < 1.29 is 33.8 Å². The first-order chi connectivity index (χ1) is 6.31. The summed E-state index contributed by atoms with van der Waals surface area (Å²) < 4.78 is 22.0. The van der Waals surface area contributed by atoms with E-state index in [1.165, 1.54) is 6.92 Å². The number of nitrogens with two attached hydrogens (primary N) is 1. The van der Waals surface area contributed by atoms with Gasteiger partial charge in [-0.05, 0) is 13.3 Å². The van der Waals surface area contributed by atoms with E-state index in [1.807, 2.05) is 0 Å². The molecule has 1 atom stereocenters. The van der Waals surface area contributed by atoms with Crippen LogP contribution in [0.1, 0.15) is 20.3 Å². The number of rotatable bonds is 4. The summed E-state index contributed by atoms with van der Waals surface area (Å²) in [6.45, 7) is 2.31. The van der Waals surface area contributed by atoms with Gasteiger partial charge in [0.25, 0.3) is 5.08 Å². The van der Waals surface area contributed by atoms with Crippen LogP contribution in [0.4, 0.5) is 0 Å². The Morgan fingerprint density at radius 2 is 1.40 bits per heavy atom. The lowest BCUT2D eigenvalue weighted by Crippen LogP contribution is -2.57. The van der Waals surface area contributed by atoms with Crippen molar-refractivity contribution in [2.75, 3.05) is 0 Å². The van der Waals surface area contributed by atoms with Gasteiger partial charge in [-0.15, -0.1) is 0 Å². The standard InChI is InChI=1S/C5H15NO7P2/c1-3-4(2,6)5(7,14(8,9)10)15(11,12)13/h7H,3,6H2,1-2H3,(H2,8,9,10)(H2,11,12,13). The molecule has 15 heavy (non-hydrogen) atoms. The predicted octanol–water partition coefficient (Wildman–Crippen LogP) is -0.885. The van der Waals surface area contributed by atoms with Gasteiger partial charge in [-0.3, -0.25) is 9.13 Å². The molecular formula is C5H15NO7P2. The monoisotopic (exact) mass is 263 g/mol. The molecule has 10 heteroatoms. The Kier molecular flexibility index (Phi) is 3.96. The van der Waals surface area contributed by atoms with Crippen LogP contribution in [-0.2, 0) is 9.13 Å². The molecule has 0 aromatic heterocycles. The predicted molar refractivity (Wildman–Crippen MR) is 51.9 cm³/mol. The molecule has 0 aliphatic heterocycles. The molecule has 0 aromatic rings. The third-order valence-electron chi connectivity index (χ3n) is 2.31. The van der Waals surface area contributed by atoms with E-state index in [0.29, 0.717) is 0 Å². The van der Waals surface area contributed by atoms with Crippen LogP contribution in [0.5, 0.6) is 0 Å². The quantitative estimate of drug-likeness (QED) is 0.356. The maximum Gasteiger partial charge on any atom is 0.371 e. The average Bonchev–Trinajstić information content (AvgIpc) is 1.98. The lowest BCUT2D eigenvalue weighted by Gasteiger charge is -2.41. The highest BCUT2D eigenvalue weighted by Gasteiger charge is 2.67. The number of aliphatic hydroxyl groups is 1. The second kappa shape index (κ2) is 3.91. The SMILES string of the molecule is CCC(C)(N)C(O)(P(=O)(O)O)P(=O)(O)O. The largest absolute Gasteiger partial charge is 0.371 e. The van der Waals surface area contributed by atoms with E-state index in [-0.39, 0.29) is 6.42 Å². The second-order valence-corrected chi connectivity index (χ2v) is 7.32. The smallest absolute Gasteiger partial charge is 0.366 e. The van der Waals surface area contributed by atoms with Gasteiger partial charge in [0.15, 0.2) is 0 Å². The Morgan fingerprint density at radius 1 is 1.13 bits per heavy atom. The molecule has 1 unspecified atom stereocenters. The summed E-state index contributed by atoms with van der Waals surface area (Å²) in [5.74, 6) is 0. The maximum absolute atomic E-state index is 11.0. The van der Waals surface area contributed by atoms with E-state index in [1.54, 1.807) is 0 Å². The molecule has 0 rings (SSSR count). The van der Waals surface area contributed by atoms with Crippen LogP contribution in [0.15, 0.2) is 0 Å². The van der Waals surface area contributed by atoms with Gasteiger partial charge in [-0.1, -0.05) is 6.92 Å². The van der Waals surface area contributed by atoms with Crippen LogP contribution in [0.2, 0.25) is 0 Å². The zero-order valence-electron chi connectivity index (χ0n) is 8.23. The summed E-state index contributed by atoms with van der Waals surface area (Å²) in [6.07, 6.45) is -0.222. The lowest BCUT2D eigenvalue weighted by atomic mass is 10.0. The molecule has 92 valence electrons. The van der Waals surface area contributed by atoms with Crippen molar-refractivity contribution in [3.8, 4) is 0 Å². The van der Waals surface area contributed by atoms with Crippen LogP contribution in [0, 0.1) is 0 Å². The molecule has 0 saturated carbocycles. The maximum atomic E-state index is 11.0. The molecule has 0 fully saturated rings. The van der Waals surface area contributed by atoms with E-state index in [2.05, 4.69) is 0 Å². The lowest BCUT2D eigenvalue weighted by molar-refractivity contribution is 0.0657. The Bertz CT molecular complexity index is 306. The van der Waals surface area contributed by atoms with Gasteiger partial charge < -0.3 is 30.4 Å². The Hall–Kier alpha value is 0.220. The molecule has 8 nitrogen and oxygen atoms in total. The zero-order valence-corrected chi connectivity index (χ0v) is 10.0. The van der Waals surface area contributed by atoms with Gasteiger partial charge in [-0.2, -0.15) is 0 Å². The minimum absolute atomic E-state index is 0.222. The van der Waals surface area contributed by atoms with Crippen molar-refractivity contribution in [2.45, 2.75) is 30.9 Å². The first-order valence-corrected chi connectivity index (χ1v) is 7.16. The van der Waals surface area contributed by atoms with Crippen LogP contribution >= 0.6 is 15.2 Å². The highest BCUT2D eigenvalue weighted by atomic mass is 31.2. The van der Waals surface area contributed by atoms with Crippen LogP contribution in [-0.4, -0.2) is 35.3 Å². The van der Waals surface area contributed by atoms with Crippen molar-refractivity contribution in [1.82, 2.24) is 0 Å². The molecule has 0 saturated heterocycles. The van der Waals surface area contributed by atoms with Crippen molar-refractivity contribution in [2.24, 2.45) is 5.73 Å². The number of hydrogen-bond acceptors (Lipinski definition) is 4. The van der Waals surface area contributed by atoms with Crippen molar-refractivity contribution in [3.05, 3.63) is 0 Å². The molecule has 0 heterocycles. The second-order valence-electron chi connectivity index (χ2n) is 3.49. The fraction of sp³-hybridized carbons (Fsp3) is 1.00. The van der Waals surface area contributed by atoms with E-state index in [9.17, 15) is 14.2 Å². The molecule has 0 aliphatic rings. The Morgan fingerprint density at radius 3 is 1.47 bits per heavy atom. The molecule has 0 aromatic carbocycles. The summed E-state index contributed by atoms with van der Waals surface area (Å²) in [7, 11) is -11.0. The van der Waals surface area contributed by atoms with Crippen LogP contribution < -0.4 is 5.73 Å². The molecule has 0 amide bonds. The third kappa shape index (κ3) is 2.33. The molecule has 7 N–H and O–H groups in total. The Balaban J connectivity index is 5.88. The Labute approximate surface area is 86.4 Å². The van der Waals surface area contributed by atoms with Gasteiger partial charge in [0, 0.05) is 0 Å².